The van der Waals surface area contributed by atoms with E-state index >= 15 is 0 Å². The van der Waals surface area contributed by atoms with Crippen LogP contribution in [0.3, 0.4) is 0 Å². The normalized spacial score (nSPS) is 17.0. The monoisotopic (exact) mass is 507 g/mol. The number of carbonyl (C=O) groups is 2. The largest absolute Gasteiger partial charge is 0.458 e. The van der Waals surface area contributed by atoms with Crippen molar-refractivity contribution in [3.8, 4) is 22.9 Å². The van der Waals surface area contributed by atoms with E-state index in [4.69, 9.17) is 19.2 Å². The Balaban J connectivity index is 1.53. The number of nitrogens with zero attached hydrogens (tertiary/aromatic N) is 3. The predicted octanol–water partition coefficient (Wildman–Crippen LogP) is 1.02. The Morgan fingerprint density at radius 1 is 1.16 bits per heavy atom. The molecule has 0 spiro atoms. The number of hydrogen-bond donors (Lipinski definition) is 2. The minimum absolute atomic E-state index is 0.102. The van der Waals surface area contributed by atoms with Gasteiger partial charge in [0.05, 0.1) is 29.0 Å². The van der Waals surface area contributed by atoms with E-state index in [0.29, 0.717) is 41.4 Å². The van der Waals surface area contributed by atoms with Crippen molar-refractivity contribution in [2.24, 2.45) is 0 Å². The first-order chi connectivity index (χ1) is 17.8. The number of ether oxygens (including phenoxy) is 3. The number of aromatic nitrogens is 2. The molecule has 0 saturated carbocycles. The van der Waals surface area contributed by atoms with E-state index in [1.807, 2.05) is 19.9 Å². The number of aliphatic hydroxyl groups excluding tert-OH is 2. The Bertz CT molecular complexity index is 1540. The summed E-state index contributed by atoms with van der Waals surface area (Å²) in [5, 5.41) is 20.7. The van der Waals surface area contributed by atoms with Gasteiger partial charge in [0.2, 0.25) is 12.7 Å². The summed E-state index contributed by atoms with van der Waals surface area (Å²) in [5.41, 5.74) is 3.53. The smallest absolute Gasteiger partial charge is 0.340 e. The fourth-order valence-electron chi connectivity index (χ4n) is 5.38. The minimum Gasteiger partial charge on any atom is -0.458 e. The first-order valence-corrected chi connectivity index (χ1v) is 12.1. The fraction of sp³-hybridized carbons (Fsp3) is 0.385. The van der Waals surface area contributed by atoms with Crippen molar-refractivity contribution < 1.29 is 34.0 Å². The van der Waals surface area contributed by atoms with Crippen molar-refractivity contribution in [2.45, 2.75) is 45.6 Å². The van der Waals surface area contributed by atoms with Crippen molar-refractivity contribution >= 4 is 22.8 Å². The quantitative estimate of drug-likeness (QED) is 0.379. The highest BCUT2D eigenvalue weighted by Crippen LogP contribution is 2.42. The van der Waals surface area contributed by atoms with Crippen LogP contribution >= 0.6 is 0 Å². The van der Waals surface area contributed by atoms with Gasteiger partial charge in [-0.05, 0) is 38.0 Å². The van der Waals surface area contributed by atoms with Gasteiger partial charge in [-0.2, -0.15) is 0 Å². The summed E-state index contributed by atoms with van der Waals surface area (Å²) >= 11 is 0. The standard InChI is InChI=1S/C26H25N3O8/c1-12(2)28(22(31)9-30)4-3-13-14-6-20-21(37-11-36-20)7-18(14)27-23-16(13)8-29-19(23)5-15-17(25(29)33)10-35-26(34)24(15)32/h5-7,12,24,30,32H,3-4,8-11H2,1-2H3/t24-/m0/s1. The highest BCUT2D eigenvalue weighted by Gasteiger charge is 2.35. The van der Waals surface area contributed by atoms with E-state index in [1.165, 1.54) is 0 Å². The van der Waals surface area contributed by atoms with Crippen LogP contribution in [0.1, 0.15) is 42.2 Å². The molecule has 11 nitrogen and oxygen atoms in total. The molecule has 37 heavy (non-hydrogen) atoms. The molecule has 6 rings (SSSR count). The van der Waals surface area contributed by atoms with Gasteiger partial charge in [-0.15, -0.1) is 0 Å². The molecular formula is C26H25N3O8. The van der Waals surface area contributed by atoms with Gasteiger partial charge in [0, 0.05) is 35.2 Å². The number of benzene rings is 1. The molecule has 3 aliphatic rings. The molecule has 0 bridgehead atoms. The third-order valence-electron chi connectivity index (χ3n) is 7.25. The zero-order chi connectivity index (χ0) is 26.0. The van der Waals surface area contributed by atoms with Crippen LogP contribution in [0.25, 0.3) is 22.3 Å². The van der Waals surface area contributed by atoms with Crippen molar-refractivity contribution in [1.29, 1.82) is 0 Å². The first-order valence-electron chi connectivity index (χ1n) is 12.1. The summed E-state index contributed by atoms with van der Waals surface area (Å²) in [4.78, 5) is 44.2. The second-order valence-corrected chi connectivity index (χ2v) is 9.59. The Labute approximate surface area is 210 Å². The highest BCUT2D eigenvalue weighted by molar-refractivity contribution is 5.91. The number of esters is 1. The van der Waals surface area contributed by atoms with Crippen LogP contribution in [0.5, 0.6) is 11.5 Å². The van der Waals surface area contributed by atoms with Crippen LogP contribution in [0.2, 0.25) is 0 Å². The SMILES string of the molecule is CC(C)N(CCc1c2c(nc3cc4c(cc13)OCO4)-c1cc3c(c(=O)n1C2)COC(=O)[C@H]3O)C(=O)CO. The van der Waals surface area contributed by atoms with E-state index in [0.717, 1.165) is 16.5 Å². The molecule has 0 radical (unpaired) electrons. The van der Waals surface area contributed by atoms with Gasteiger partial charge in [-0.25, -0.2) is 9.78 Å². The van der Waals surface area contributed by atoms with Crippen LogP contribution in [-0.2, 0) is 33.9 Å². The maximum Gasteiger partial charge on any atom is 0.340 e. The number of amides is 1. The minimum atomic E-state index is -1.54. The van der Waals surface area contributed by atoms with Gasteiger partial charge in [0.25, 0.3) is 5.56 Å². The average molecular weight is 507 g/mol. The van der Waals surface area contributed by atoms with Crippen molar-refractivity contribution in [3.05, 3.63) is 50.8 Å². The number of pyridine rings is 2. The maximum atomic E-state index is 13.4. The molecule has 0 saturated heterocycles. The Kier molecular flexibility index (Phi) is 5.42. The first kappa shape index (κ1) is 23.4. The lowest BCUT2D eigenvalue weighted by molar-refractivity contribution is -0.157. The lowest BCUT2D eigenvalue weighted by Gasteiger charge is -2.26. The Morgan fingerprint density at radius 2 is 1.92 bits per heavy atom. The van der Waals surface area contributed by atoms with E-state index in [9.17, 15) is 24.6 Å². The molecule has 3 aromatic rings. The van der Waals surface area contributed by atoms with E-state index < -0.39 is 18.7 Å². The van der Waals surface area contributed by atoms with Crippen LogP contribution < -0.4 is 15.0 Å². The summed E-state index contributed by atoms with van der Waals surface area (Å²) in [6.07, 6.45) is -1.10. The zero-order valence-electron chi connectivity index (χ0n) is 20.3. The average Bonchev–Trinajstić information content (AvgIpc) is 3.49. The third kappa shape index (κ3) is 3.57. The highest BCUT2D eigenvalue weighted by atomic mass is 16.7. The number of hydrogen-bond acceptors (Lipinski definition) is 9. The van der Waals surface area contributed by atoms with E-state index in [-0.39, 0.29) is 48.6 Å². The molecule has 2 N–H and O–H groups in total. The molecule has 3 aliphatic heterocycles. The Hall–Kier alpha value is -3.96. The number of rotatable bonds is 5. The number of aliphatic hydroxyl groups is 2. The lowest BCUT2D eigenvalue weighted by atomic mass is 9.96. The molecular weight excluding hydrogens is 482 g/mol. The molecule has 192 valence electrons. The predicted molar refractivity (Wildman–Crippen MR) is 129 cm³/mol. The fourth-order valence-corrected chi connectivity index (χ4v) is 5.38. The molecule has 11 heteroatoms. The van der Waals surface area contributed by atoms with E-state index in [1.54, 1.807) is 21.6 Å². The molecule has 1 amide bonds. The van der Waals surface area contributed by atoms with Crippen LogP contribution in [-0.4, -0.2) is 62.5 Å². The molecule has 0 unspecified atom stereocenters. The Morgan fingerprint density at radius 3 is 2.65 bits per heavy atom. The molecule has 1 atom stereocenters. The number of carbonyl (C=O) groups excluding carboxylic acids is 2. The second-order valence-electron chi connectivity index (χ2n) is 9.59. The summed E-state index contributed by atoms with van der Waals surface area (Å²) in [6, 6.07) is 5.17. The molecule has 0 fully saturated rings. The molecule has 5 heterocycles. The lowest BCUT2D eigenvalue weighted by Crippen LogP contribution is -2.40. The molecule has 1 aromatic carbocycles. The van der Waals surface area contributed by atoms with E-state index in [2.05, 4.69) is 0 Å². The van der Waals surface area contributed by atoms with Crippen molar-refractivity contribution in [1.82, 2.24) is 14.5 Å². The molecule has 2 aromatic heterocycles. The van der Waals surface area contributed by atoms with Crippen LogP contribution in [0.15, 0.2) is 23.0 Å². The molecule has 0 aliphatic carbocycles. The summed E-state index contributed by atoms with van der Waals surface area (Å²) in [5.74, 6) is -0.0144. The zero-order valence-corrected chi connectivity index (χ0v) is 20.3. The van der Waals surface area contributed by atoms with Gasteiger partial charge in [0.1, 0.15) is 13.2 Å². The third-order valence-corrected chi connectivity index (χ3v) is 7.25. The van der Waals surface area contributed by atoms with Crippen LogP contribution in [0, 0.1) is 0 Å². The van der Waals surface area contributed by atoms with Gasteiger partial charge in [0.15, 0.2) is 17.6 Å². The summed E-state index contributed by atoms with van der Waals surface area (Å²) in [6.45, 7) is 3.68. The van der Waals surface area contributed by atoms with Gasteiger partial charge in [-0.1, -0.05) is 0 Å². The van der Waals surface area contributed by atoms with Crippen LogP contribution in [0.4, 0.5) is 0 Å². The topological polar surface area (TPSA) is 140 Å². The summed E-state index contributed by atoms with van der Waals surface area (Å²) < 4.78 is 17.7. The van der Waals surface area contributed by atoms with Gasteiger partial charge in [-0.3, -0.25) is 9.59 Å². The van der Waals surface area contributed by atoms with Gasteiger partial charge < -0.3 is 33.9 Å². The van der Waals surface area contributed by atoms with Crippen molar-refractivity contribution in [2.75, 3.05) is 19.9 Å². The van der Waals surface area contributed by atoms with Crippen molar-refractivity contribution in [3.63, 3.8) is 0 Å². The second kappa shape index (κ2) is 8.56. The summed E-state index contributed by atoms with van der Waals surface area (Å²) in [7, 11) is 0. The number of fused-ring (bicyclic) bond motifs is 6. The van der Waals surface area contributed by atoms with Gasteiger partial charge >= 0.3 is 5.97 Å². The maximum absolute atomic E-state index is 13.4. The number of cyclic esters (lactones) is 1.